The number of carboxylic acid groups (broad SMARTS) is 1. The van der Waals surface area contributed by atoms with Gasteiger partial charge in [0.2, 0.25) is 0 Å². The Labute approximate surface area is 122 Å². The number of para-hydroxylation sites is 1. The zero-order valence-corrected chi connectivity index (χ0v) is 11.5. The minimum atomic E-state index is -0.930. The second-order valence-corrected chi connectivity index (χ2v) is 4.84. The maximum Gasteiger partial charge on any atom is 0.352 e. The third kappa shape index (κ3) is 2.69. The largest absolute Gasteiger partial charge is 0.477 e. The number of carbonyl (C=O) groups is 1. The van der Waals surface area contributed by atoms with Crippen LogP contribution in [0.3, 0.4) is 0 Å². The van der Waals surface area contributed by atoms with Crippen molar-refractivity contribution in [2.45, 2.75) is 0 Å². The zero-order chi connectivity index (χ0) is 14.8. The van der Waals surface area contributed by atoms with E-state index < -0.39 is 5.97 Å². The monoisotopic (exact) mass is 278 g/mol. The molecule has 0 aliphatic rings. The minimum Gasteiger partial charge on any atom is -0.477 e. The van der Waals surface area contributed by atoms with Crippen LogP contribution in [-0.4, -0.2) is 20.6 Å². The van der Waals surface area contributed by atoms with E-state index >= 15 is 0 Å². The number of hydrogen-bond acceptors (Lipinski definition) is 2. The number of aromatic carboxylic acids is 1. The van der Waals surface area contributed by atoms with Crippen LogP contribution >= 0.6 is 0 Å². The van der Waals surface area contributed by atoms with Gasteiger partial charge in [0.1, 0.15) is 5.69 Å². The lowest BCUT2D eigenvalue weighted by atomic mass is 10.2. The Morgan fingerprint density at radius 2 is 2.00 bits per heavy atom. The number of carboxylic acids is 1. The lowest BCUT2D eigenvalue weighted by Gasteiger charge is -1.97. The molecule has 3 rings (SSSR count). The lowest BCUT2D eigenvalue weighted by molar-refractivity contribution is 0.0686. The molecule has 0 bridgehead atoms. The van der Waals surface area contributed by atoms with Crippen LogP contribution in [0.1, 0.15) is 21.7 Å². The van der Waals surface area contributed by atoms with Gasteiger partial charge in [-0.1, -0.05) is 30.3 Å². The predicted molar refractivity (Wildman–Crippen MR) is 83.0 cm³/mol. The number of fused-ring (bicyclic) bond motifs is 1. The number of benzene rings is 1. The molecule has 2 heterocycles. The van der Waals surface area contributed by atoms with E-state index in [1.54, 1.807) is 23.9 Å². The number of aryl methyl sites for hydroxylation is 1. The first kappa shape index (κ1) is 13.1. The molecule has 1 N–H and O–H groups in total. The van der Waals surface area contributed by atoms with Crippen LogP contribution in [0.2, 0.25) is 0 Å². The zero-order valence-electron chi connectivity index (χ0n) is 11.5. The van der Waals surface area contributed by atoms with Gasteiger partial charge >= 0.3 is 5.97 Å². The van der Waals surface area contributed by atoms with Crippen LogP contribution in [-0.2, 0) is 7.05 Å². The highest BCUT2D eigenvalue weighted by atomic mass is 16.4. The fourth-order valence-corrected chi connectivity index (χ4v) is 2.25. The van der Waals surface area contributed by atoms with Crippen molar-refractivity contribution in [3.63, 3.8) is 0 Å². The maximum absolute atomic E-state index is 11.0. The van der Waals surface area contributed by atoms with E-state index in [4.69, 9.17) is 5.11 Å². The van der Waals surface area contributed by atoms with Gasteiger partial charge in [0.05, 0.1) is 11.2 Å². The smallest absolute Gasteiger partial charge is 0.352 e. The first-order valence-corrected chi connectivity index (χ1v) is 6.57. The van der Waals surface area contributed by atoms with Gasteiger partial charge in [-0.25, -0.2) is 9.78 Å². The third-order valence-corrected chi connectivity index (χ3v) is 3.31. The molecular weight excluding hydrogens is 264 g/mol. The Morgan fingerprint density at radius 1 is 1.19 bits per heavy atom. The molecule has 0 saturated heterocycles. The second kappa shape index (κ2) is 5.25. The fourth-order valence-electron chi connectivity index (χ4n) is 2.25. The molecule has 1 aromatic carbocycles. The summed E-state index contributed by atoms with van der Waals surface area (Å²) >= 11 is 0. The van der Waals surface area contributed by atoms with E-state index in [0.717, 1.165) is 22.2 Å². The SMILES string of the molecule is Cn1cc(C=Cc2ccc3ccccc3n2)cc1C(=O)O. The number of rotatable bonds is 3. The van der Waals surface area contributed by atoms with Gasteiger partial charge in [-0.05, 0) is 29.8 Å². The molecule has 0 spiro atoms. The molecule has 0 fully saturated rings. The van der Waals surface area contributed by atoms with E-state index in [0.29, 0.717) is 0 Å². The summed E-state index contributed by atoms with van der Waals surface area (Å²) in [6.07, 6.45) is 5.53. The molecule has 0 radical (unpaired) electrons. The highest BCUT2D eigenvalue weighted by Crippen LogP contribution is 2.15. The van der Waals surface area contributed by atoms with E-state index in [-0.39, 0.29) is 5.69 Å². The van der Waals surface area contributed by atoms with Crippen molar-refractivity contribution in [2.24, 2.45) is 7.05 Å². The van der Waals surface area contributed by atoms with Crippen molar-refractivity contribution in [3.8, 4) is 0 Å². The fraction of sp³-hybridized carbons (Fsp3) is 0.0588. The van der Waals surface area contributed by atoms with Crippen LogP contribution < -0.4 is 0 Å². The molecule has 3 aromatic rings. The standard InChI is InChI=1S/C17H14N2O2/c1-19-11-12(10-16(19)17(20)21)6-8-14-9-7-13-4-2-3-5-15(13)18-14/h2-11H,1H3,(H,20,21). The summed E-state index contributed by atoms with van der Waals surface area (Å²) in [5.41, 5.74) is 2.89. The molecule has 104 valence electrons. The van der Waals surface area contributed by atoms with Crippen molar-refractivity contribution in [2.75, 3.05) is 0 Å². The van der Waals surface area contributed by atoms with Gasteiger partial charge in [0.15, 0.2) is 0 Å². The topological polar surface area (TPSA) is 55.1 Å². The second-order valence-electron chi connectivity index (χ2n) is 4.84. The molecule has 0 saturated carbocycles. The summed E-state index contributed by atoms with van der Waals surface area (Å²) in [6, 6.07) is 13.5. The Kier molecular flexibility index (Phi) is 3.28. The first-order chi connectivity index (χ1) is 10.1. The summed E-state index contributed by atoms with van der Waals surface area (Å²) in [4.78, 5) is 15.5. The average Bonchev–Trinajstić information content (AvgIpc) is 2.86. The molecule has 0 amide bonds. The molecule has 0 aliphatic heterocycles. The van der Waals surface area contributed by atoms with Crippen LogP contribution in [0.4, 0.5) is 0 Å². The normalized spacial score (nSPS) is 11.3. The Morgan fingerprint density at radius 3 is 2.76 bits per heavy atom. The van der Waals surface area contributed by atoms with Gasteiger partial charge in [-0.15, -0.1) is 0 Å². The predicted octanol–water partition coefficient (Wildman–Crippen LogP) is 3.44. The lowest BCUT2D eigenvalue weighted by Crippen LogP contribution is -2.02. The Balaban J connectivity index is 1.90. The van der Waals surface area contributed by atoms with Crippen LogP contribution in [0.15, 0.2) is 48.7 Å². The van der Waals surface area contributed by atoms with E-state index in [9.17, 15) is 4.79 Å². The van der Waals surface area contributed by atoms with Gasteiger partial charge in [-0.3, -0.25) is 0 Å². The summed E-state index contributed by atoms with van der Waals surface area (Å²) in [7, 11) is 1.72. The van der Waals surface area contributed by atoms with Gasteiger partial charge in [-0.2, -0.15) is 0 Å². The summed E-state index contributed by atoms with van der Waals surface area (Å²) in [5.74, 6) is -0.930. The van der Waals surface area contributed by atoms with Gasteiger partial charge in [0.25, 0.3) is 0 Å². The van der Waals surface area contributed by atoms with E-state index in [1.807, 2.05) is 48.6 Å². The number of hydrogen-bond donors (Lipinski definition) is 1. The highest BCUT2D eigenvalue weighted by molar-refractivity contribution is 5.87. The molecular formula is C17H14N2O2. The van der Waals surface area contributed by atoms with Gasteiger partial charge in [0, 0.05) is 18.6 Å². The highest BCUT2D eigenvalue weighted by Gasteiger charge is 2.08. The van der Waals surface area contributed by atoms with Crippen molar-refractivity contribution < 1.29 is 9.90 Å². The molecule has 0 aliphatic carbocycles. The first-order valence-electron chi connectivity index (χ1n) is 6.57. The number of nitrogens with zero attached hydrogens (tertiary/aromatic N) is 2. The molecule has 2 aromatic heterocycles. The van der Waals surface area contributed by atoms with Crippen LogP contribution in [0.5, 0.6) is 0 Å². The molecule has 4 heteroatoms. The molecule has 21 heavy (non-hydrogen) atoms. The van der Waals surface area contributed by atoms with E-state index in [1.165, 1.54) is 0 Å². The number of aromatic nitrogens is 2. The van der Waals surface area contributed by atoms with E-state index in [2.05, 4.69) is 4.98 Å². The summed E-state index contributed by atoms with van der Waals surface area (Å²) in [6.45, 7) is 0. The van der Waals surface area contributed by atoms with Crippen LogP contribution in [0.25, 0.3) is 23.1 Å². The summed E-state index contributed by atoms with van der Waals surface area (Å²) in [5, 5.41) is 10.1. The van der Waals surface area contributed by atoms with Gasteiger partial charge < -0.3 is 9.67 Å². The van der Waals surface area contributed by atoms with Crippen molar-refractivity contribution in [3.05, 3.63) is 65.6 Å². The maximum atomic E-state index is 11.0. The molecule has 0 atom stereocenters. The minimum absolute atomic E-state index is 0.265. The number of pyridine rings is 1. The third-order valence-electron chi connectivity index (χ3n) is 3.31. The molecule has 4 nitrogen and oxygen atoms in total. The quantitative estimate of drug-likeness (QED) is 0.798. The van der Waals surface area contributed by atoms with Crippen LogP contribution in [0, 0.1) is 0 Å². The average molecular weight is 278 g/mol. The molecule has 0 unspecified atom stereocenters. The van der Waals surface area contributed by atoms with Crippen molar-refractivity contribution in [1.82, 2.24) is 9.55 Å². The van der Waals surface area contributed by atoms with Crippen molar-refractivity contribution in [1.29, 1.82) is 0 Å². The van der Waals surface area contributed by atoms with Crippen molar-refractivity contribution >= 4 is 29.0 Å². The Hall–Kier alpha value is -2.88. The Bertz CT molecular complexity index is 847. The summed E-state index contributed by atoms with van der Waals surface area (Å²) < 4.78 is 1.59.